The molecule has 0 aliphatic carbocycles. The number of aliphatic hydroxyl groups is 1. The Balaban J connectivity index is 1.48. The highest BCUT2D eigenvalue weighted by molar-refractivity contribution is 7.91. The second kappa shape index (κ2) is 11.3. The number of carbonyl (C=O) groups excluding carboxylic acids is 1. The SMILES string of the molecule is CCS(=O)(=O)c1ccc([C@H](CO)NC(=O)c2ccc3c(OCC4CCC(F)(F)OC4)nc(C)cc3c2)cc1. The molecule has 8 nitrogen and oxygen atoms in total. The highest BCUT2D eigenvalue weighted by Crippen LogP contribution is 2.32. The van der Waals surface area contributed by atoms with Gasteiger partial charge in [-0.3, -0.25) is 4.79 Å². The number of aromatic nitrogens is 1. The van der Waals surface area contributed by atoms with Crippen molar-refractivity contribution >= 4 is 26.5 Å². The van der Waals surface area contributed by atoms with Gasteiger partial charge < -0.3 is 19.9 Å². The maximum absolute atomic E-state index is 13.2. The third-order valence-corrected chi connectivity index (χ3v) is 8.28. The first kappa shape index (κ1) is 27.9. The molecule has 1 aliphatic rings. The first-order valence-electron chi connectivity index (χ1n) is 12.3. The number of hydrogen-bond acceptors (Lipinski definition) is 7. The average molecular weight is 549 g/mol. The van der Waals surface area contributed by atoms with Gasteiger partial charge in [-0.2, -0.15) is 8.78 Å². The number of sulfone groups is 1. The number of hydrogen-bond donors (Lipinski definition) is 2. The number of rotatable bonds is 9. The lowest BCUT2D eigenvalue weighted by Gasteiger charge is -2.28. The summed E-state index contributed by atoms with van der Waals surface area (Å²) >= 11 is 0. The zero-order chi connectivity index (χ0) is 27.5. The van der Waals surface area contributed by atoms with Crippen LogP contribution in [0.25, 0.3) is 10.8 Å². The van der Waals surface area contributed by atoms with E-state index in [-0.39, 0.29) is 49.2 Å². The topological polar surface area (TPSA) is 115 Å². The van der Waals surface area contributed by atoms with Gasteiger partial charge in [0.1, 0.15) is 0 Å². The predicted octanol–water partition coefficient (Wildman–Crippen LogP) is 4.20. The number of benzene rings is 2. The lowest BCUT2D eigenvalue weighted by molar-refractivity contribution is -0.269. The number of pyridine rings is 1. The van der Waals surface area contributed by atoms with Crippen LogP contribution in [0.3, 0.4) is 0 Å². The van der Waals surface area contributed by atoms with E-state index >= 15 is 0 Å². The summed E-state index contributed by atoms with van der Waals surface area (Å²) in [6.07, 6.45) is -3.15. The molecule has 0 radical (unpaired) electrons. The molecule has 1 aliphatic heterocycles. The minimum atomic E-state index is -3.36. The van der Waals surface area contributed by atoms with Gasteiger partial charge in [-0.25, -0.2) is 13.4 Å². The predicted molar refractivity (Wildman–Crippen MR) is 137 cm³/mol. The molecule has 1 unspecified atom stereocenters. The number of nitrogens with zero attached hydrogens (tertiary/aromatic N) is 1. The van der Waals surface area contributed by atoms with Crippen molar-refractivity contribution in [3.63, 3.8) is 0 Å². The minimum absolute atomic E-state index is 0.0237. The summed E-state index contributed by atoms with van der Waals surface area (Å²) in [5.41, 5.74) is 1.57. The molecular weight excluding hydrogens is 518 g/mol. The summed E-state index contributed by atoms with van der Waals surface area (Å²) in [6.45, 7) is 3.06. The minimum Gasteiger partial charge on any atom is -0.477 e. The summed E-state index contributed by atoms with van der Waals surface area (Å²) in [5.74, 6) is -0.277. The van der Waals surface area contributed by atoms with Crippen LogP contribution >= 0.6 is 0 Å². The normalized spacial score (nSPS) is 18.2. The molecule has 1 fully saturated rings. The summed E-state index contributed by atoms with van der Waals surface area (Å²) in [4.78, 5) is 17.6. The number of ether oxygens (including phenoxy) is 2. The summed E-state index contributed by atoms with van der Waals surface area (Å²) in [7, 11) is -3.36. The molecule has 2 atom stereocenters. The highest BCUT2D eigenvalue weighted by Gasteiger charge is 2.36. The van der Waals surface area contributed by atoms with Crippen molar-refractivity contribution in [1.82, 2.24) is 10.3 Å². The molecule has 3 aromatic rings. The number of alkyl halides is 2. The molecule has 38 heavy (non-hydrogen) atoms. The Bertz CT molecular complexity index is 1400. The molecule has 1 aromatic heterocycles. The second-order valence-corrected chi connectivity index (χ2v) is 11.6. The third kappa shape index (κ3) is 6.46. The lowest BCUT2D eigenvalue weighted by atomic mass is 10.0. The molecule has 0 spiro atoms. The van der Waals surface area contributed by atoms with Crippen LogP contribution in [-0.4, -0.2) is 56.1 Å². The molecule has 0 saturated carbocycles. The number of carbonyl (C=O) groups is 1. The average Bonchev–Trinajstić information content (AvgIpc) is 2.90. The van der Waals surface area contributed by atoms with Crippen LogP contribution in [-0.2, 0) is 14.6 Å². The van der Waals surface area contributed by atoms with Gasteiger partial charge in [-0.1, -0.05) is 19.1 Å². The van der Waals surface area contributed by atoms with Crippen molar-refractivity contribution in [2.45, 2.75) is 43.7 Å². The molecule has 11 heteroatoms. The van der Waals surface area contributed by atoms with Crippen LogP contribution in [0.2, 0.25) is 0 Å². The Morgan fingerprint density at radius 2 is 1.97 bits per heavy atom. The van der Waals surface area contributed by atoms with Gasteiger partial charge in [0, 0.05) is 29.0 Å². The first-order chi connectivity index (χ1) is 18.0. The number of fused-ring (bicyclic) bond motifs is 1. The van der Waals surface area contributed by atoms with Crippen molar-refractivity contribution in [2.24, 2.45) is 5.92 Å². The number of amides is 1. The van der Waals surface area contributed by atoms with Crippen LogP contribution in [0.15, 0.2) is 53.4 Å². The molecular formula is C27H30F2N2O6S. The van der Waals surface area contributed by atoms with Crippen molar-refractivity contribution in [3.05, 3.63) is 65.4 Å². The van der Waals surface area contributed by atoms with Crippen LogP contribution in [0, 0.1) is 12.8 Å². The van der Waals surface area contributed by atoms with Gasteiger partial charge in [0.15, 0.2) is 9.84 Å². The van der Waals surface area contributed by atoms with Crippen LogP contribution in [0.5, 0.6) is 5.88 Å². The van der Waals surface area contributed by atoms with Crippen LogP contribution in [0.1, 0.15) is 47.4 Å². The smallest absolute Gasteiger partial charge is 0.355 e. The van der Waals surface area contributed by atoms with Crippen molar-refractivity contribution in [1.29, 1.82) is 0 Å². The van der Waals surface area contributed by atoms with Gasteiger partial charge in [-0.15, -0.1) is 0 Å². The Hall–Kier alpha value is -3.15. The fraction of sp³-hybridized carbons (Fsp3) is 0.407. The van der Waals surface area contributed by atoms with E-state index in [4.69, 9.17) is 4.74 Å². The molecule has 1 amide bonds. The van der Waals surface area contributed by atoms with Gasteiger partial charge in [0.25, 0.3) is 5.91 Å². The largest absolute Gasteiger partial charge is 0.477 e. The molecule has 0 bridgehead atoms. The number of nitrogens with one attached hydrogen (secondary N) is 1. The van der Waals surface area contributed by atoms with E-state index in [0.717, 1.165) is 0 Å². The molecule has 2 heterocycles. The monoisotopic (exact) mass is 548 g/mol. The highest BCUT2D eigenvalue weighted by atomic mass is 32.2. The summed E-state index contributed by atoms with van der Waals surface area (Å²) in [6, 6.07) is 12.1. The van der Waals surface area contributed by atoms with Gasteiger partial charge in [0.2, 0.25) is 5.88 Å². The van der Waals surface area contributed by atoms with E-state index in [0.29, 0.717) is 33.5 Å². The third-order valence-electron chi connectivity index (χ3n) is 6.53. The molecule has 2 N–H and O–H groups in total. The van der Waals surface area contributed by atoms with Gasteiger partial charge in [0.05, 0.1) is 36.5 Å². The van der Waals surface area contributed by atoms with Crippen molar-refractivity contribution < 1.29 is 36.6 Å². The maximum atomic E-state index is 13.2. The fourth-order valence-electron chi connectivity index (χ4n) is 4.25. The Labute approximate surface area is 219 Å². The van der Waals surface area contributed by atoms with Gasteiger partial charge in [-0.05, 0) is 60.7 Å². The van der Waals surface area contributed by atoms with E-state index < -0.39 is 27.9 Å². The summed E-state index contributed by atoms with van der Waals surface area (Å²) < 4.78 is 61.0. The Kier molecular flexibility index (Phi) is 8.29. The first-order valence-corrected chi connectivity index (χ1v) is 14.0. The van der Waals surface area contributed by atoms with Crippen LogP contribution in [0.4, 0.5) is 8.78 Å². The summed E-state index contributed by atoms with van der Waals surface area (Å²) in [5, 5.41) is 14.0. The van der Waals surface area contributed by atoms with E-state index in [9.17, 15) is 27.1 Å². The maximum Gasteiger partial charge on any atom is 0.355 e. The molecule has 4 rings (SSSR count). The number of halogens is 2. The zero-order valence-corrected chi connectivity index (χ0v) is 21.9. The lowest BCUT2D eigenvalue weighted by Crippen LogP contribution is -2.33. The van der Waals surface area contributed by atoms with Crippen LogP contribution < -0.4 is 10.1 Å². The second-order valence-electron chi connectivity index (χ2n) is 9.35. The standard InChI is InChI=1S/C27H30F2N2O6S/c1-3-38(34,35)22-7-4-19(5-8-22)24(14-32)31-25(33)20-6-9-23-21(13-20)12-17(2)30-26(23)36-15-18-10-11-27(28,29)37-16-18/h4-9,12-13,18,24,32H,3,10-11,14-16H2,1-2H3,(H,31,33)/t18?,24-/m0/s1. The molecule has 1 saturated heterocycles. The quantitative estimate of drug-likeness (QED) is 0.412. The van der Waals surface area contributed by atoms with E-state index in [2.05, 4.69) is 15.0 Å². The molecule has 204 valence electrons. The fourth-order valence-corrected chi connectivity index (χ4v) is 5.14. The molecule has 2 aromatic carbocycles. The Morgan fingerprint density at radius 3 is 2.61 bits per heavy atom. The number of aryl methyl sites for hydroxylation is 1. The van der Waals surface area contributed by atoms with Crippen molar-refractivity contribution in [2.75, 3.05) is 25.6 Å². The Morgan fingerprint density at radius 1 is 1.24 bits per heavy atom. The zero-order valence-electron chi connectivity index (χ0n) is 21.1. The van der Waals surface area contributed by atoms with E-state index in [1.54, 1.807) is 50.2 Å². The van der Waals surface area contributed by atoms with Gasteiger partial charge >= 0.3 is 6.11 Å². The van der Waals surface area contributed by atoms with Crippen molar-refractivity contribution in [3.8, 4) is 5.88 Å². The number of aliphatic hydroxyl groups excluding tert-OH is 1. The van der Waals surface area contributed by atoms with E-state index in [1.165, 1.54) is 12.1 Å². The van der Waals surface area contributed by atoms with E-state index in [1.807, 2.05) is 0 Å².